The van der Waals surface area contributed by atoms with E-state index in [0.717, 1.165) is 30.8 Å². The van der Waals surface area contributed by atoms with Gasteiger partial charge in [0, 0.05) is 12.6 Å². The maximum Gasteiger partial charge on any atom is 0.141 e. The van der Waals surface area contributed by atoms with E-state index < -0.39 is 0 Å². The summed E-state index contributed by atoms with van der Waals surface area (Å²) in [5.41, 5.74) is 8.28. The van der Waals surface area contributed by atoms with Gasteiger partial charge in [0.2, 0.25) is 0 Å². The molecular formula is C16H28N2O. The highest BCUT2D eigenvalue weighted by molar-refractivity contribution is 5.59. The number of rotatable bonds is 6. The molecule has 0 aliphatic rings. The van der Waals surface area contributed by atoms with Crippen molar-refractivity contribution in [1.82, 2.24) is 0 Å². The first kappa shape index (κ1) is 15.8. The fourth-order valence-corrected chi connectivity index (χ4v) is 1.96. The van der Waals surface area contributed by atoms with Gasteiger partial charge < -0.3 is 15.8 Å². The SMILES string of the molecule is COc1ccc(C(C)(C)C)cc1NCCCC(C)N. The van der Waals surface area contributed by atoms with E-state index in [-0.39, 0.29) is 11.5 Å². The lowest BCUT2D eigenvalue weighted by Gasteiger charge is -2.21. The lowest BCUT2D eigenvalue weighted by atomic mass is 9.87. The van der Waals surface area contributed by atoms with Crippen LogP contribution in [0.1, 0.15) is 46.1 Å². The third kappa shape index (κ3) is 5.11. The van der Waals surface area contributed by atoms with Gasteiger partial charge in [0.15, 0.2) is 0 Å². The van der Waals surface area contributed by atoms with Crippen molar-refractivity contribution >= 4 is 5.69 Å². The monoisotopic (exact) mass is 264 g/mol. The lowest BCUT2D eigenvalue weighted by Crippen LogP contribution is -2.16. The number of methoxy groups -OCH3 is 1. The number of nitrogens with two attached hydrogens (primary N) is 1. The van der Waals surface area contributed by atoms with Crippen LogP contribution in [0.2, 0.25) is 0 Å². The first-order valence-corrected chi connectivity index (χ1v) is 7.02. The van der Waals surface area contributed by atoms with Crippen LogP contribution in [0.25, 0.3) is 0 Å². The molecule has 1 rings (SSSR count). The van der Waals surface area contributed by atoms with Crippen molar-refractivity contribution in [3.8, 4) is 5.75 Å². The Labute approximate surface area is 117 Å². The summed E-state index contributed by atoms with van der Waals surface area (Å²) in [6.07, 6.45) is 2.11. The van der Waals surface area contributed by atoms with Crippen LogP contribution < -0.4 is 15.8 Å². The Bertz CT molecular complexity index is 394. The van der Waals surface area contributed by atoms with Gasteiger partial charge in [-0.1, -0.05) is 26.8 Å². The van der Waals surface area contributed by atoms with Gasteiger partial charge in [0.25, 0.3) is 0 Å². The average molecular weight is 264 g/mol. The third-order valence-corrected chi connectivity index (χ3v) is 3.22. The van der Waals surface area contributed by atoms with E-state index >= 15 is 0 Å². The molecule has 0 saturated heterocycles. The molecule has 1 aromatic carbocycles. The molecular weight excluding hydrogens is 236 g/mol. The minimum atomic E-state index is 0.147. The summed E-state index contributed by atoms with van der Waals surface area (Å²) < 4.78 is 5.40. The summed E-state index contributed by atoms with van der Waals surface area (Å²) in [6.45, 7) is 9.62. The second kappa shape index (κ2) is 6.80. The van der Waals surface area contributed by atoms with E-state index in [0.29, 0.717) is 0 Å². The van der Waals surface area contributed by atoms with E-state index in [4.69, 9.17) is 10.5 Å². The highest BCUT2D eigenvalue weighted by atomic mass is 16.5. The topological polar surface area (TPSA) is 47.3 Å². The molecule has 0 aliphatic heterocycles. The second-order valence-electron chi connectivity index (χ2n) is 6.21. The summed E-state index contributed by atoms with van der Waals surface area (Å²) in [5.74, 6) is 0.897. The van der Waals surface area contributed by atoms with Gasteiger partial charge in [-0.2, -0.15) is 0 Å². The molecule has 0 bridgehead atoms. The Kier molecular flexibility index (Phi) is 5.67. The molecule has 0 saturated carbocycles. The molecule has 3 heteroatoms. The zero-order chi connectivity index (χ0) is 14.5. The van der Waals surface area contributed by atoms with E-state index in [9.17, 15) is 0 Å². The largest absolute Gasteiger partial charge is 0.495 e. The van der Waals surface area contributed by atoms with Gasteiger partial charge in [-0.15, -0.1) is 0 Å². The fraction of sp³-hybridized carbons (Fsp3) is 0.625. The first-order valence-electron chi connectivity index (χ1n) is 7.02. The van der Waals surface area contributed by atoms with Crippen molar-refractivity contribution in [2.24, 2.45) is 5.73 Å². The Balaban J connectivity index is 2.73. The van der Waals surface area contributed by atoms with E-state index in [1.54, 1.807) is 7.11 Å². The highest BCUT2D eigenvalue weighted by Crippen LogP contribution is 2.31. The smallest absolute Gasteiger partial charge is 0.141 e. The van der Waals surface area contributed by atoms with Crippen LogP contribution in [0.4, 0.5) is 5.69 Å². The predicted molar refractivity (Wildman–Crippen MR) is 83.1 cm³/mol. The Morgan fingerprint density at radius 2 is 2.00 bits per heavy atom. The van der Waals surface area contributed by atoms with Crippen molar-refractivity contribution in [3.63, 3.8) is 0 Å². The van der Waals surface area contributed by atoms with Crippen LogP contribution in [0.15, 0.2) is 18.2 Å². The molecule has 0 aliphatic carbocycles. The van der Waals surface area contributed by atoms with Gasteiger partial charge in [0.1, 0.15) is 5.75 Å². The summed E-state index contributed by atoms with van der Waals surface area (Å²) in [6, 6.07) is 6.62. The zero-order valence-corrected chi connectivity index (χ0v) is 12.9. The Morgan fingerprint density at radius 3 is 2.53 bits per heavy atom. The van der Waals surface area contributed by atoms with Crippen LogP contribution in [0.3, 0.4) is 0 Å². The molecule has 0 fully saturated rings. The molecule has 3 N–H and O–H groups in total. The van der Waals surface area contributed by atoms with Gasteiger partial charge in [-0.05, 0) is 42.9 Å². The third-order valence-electron chi connectivity index (χ3n) is 3.22. The van der Waals surface area contributed by atoms with Crippen molar-refractivity contribution in [3.05, 3.63) is 23.8 Å². The first-order chi connectivity index (χ1) is 8.84. The molecule has 0 aromatic heterocycles. The van der Waals surface area contributed by atoms with Crippen LogP contribution in [0, 0.1) is 0 Å². The zero-order valence-electron chi connectivity index (χ0n) is 12.9. The number of hydrogen-bond acceptors (Lipinski definition) is 3. The van der Waals surface area contributed by atoms with Crippen molar-refractivity contribution < 1.29 is 4.74 Å². The number of benzene rings is 1. The van der Waals surface area contributed by atoms with Crippen molar-refractivity contribution in [2.75, 3.05) is 19.0 Å². The van der Waals surface area contributed by atoms with Crippen molar-refractivity contribution in [1.29, 1.82) is 0 Å². The molecule has 108 valence electrons. The van der Waals surface area contributed by atoms with E-state index in [1.165, 1.54) is 5.56 Å². The minimum absolute atomic E-state index is 0.147. The maximum absolute atomic E-state index is 5.76. The van der Waals surface area contributed by atoms with Gasteiger partial charge >= 0.3 is 0 Å². The average Bonchev–Trinajstić information content (AvgIpc) is 2.33. The maximum atomic E-state index is 5.76. The molecule has 0 heterocycles. The fourth-order valence-electron chi connectivity index (χ4n) is 1.96. The molecule has 19 heavy (non-hydrogen) atoms. The number of ether oxygens (including phenoxy) is 1. The molecule has 0 spiro atoms. The quantitative estimate of drug-likeness (QED) is 0.773. The van der Waals surface area contributed by atoms with Gasteiger partial charge in [-0.3, -0.25) is 0 Å². The summed E-state index contributed by atoms with van der Waals surface area (Å²) in [4.78, 5) is 0. The lowest BCUT2D eigenvalue weighted by molar-refractivity contribution is 0.416. The van der Waals surface area contributed by atoms with Crippen LogP contribution >= 0.6 is 0 Å². The van der Waals surface area contributed by atoms with Crippen LogP contribution in [-0.2, 0) is 5.41 Å². The Morgan fingerprint density at radius 1 is 1.32 bits per heavy atom. The molecule has 1 aromatic rings. The molecule has 1 unspecified atom stereocenters. The highest BCUT2D eigenvalue weighted by Gasteiger charge is 2.15. The predicted octanol–water partition coefficient (Wildman–Crippen LogP) is 3.53. The normalized spacial score (nSPS) is 13.2. The standard InChI is InChI=1S/C16H28N2O/c1-12(17)7-6-10-18-14-11-13(16(2,3)4)8-9-15(14)19-5/h8-9,11-12,18H,6-7,10,17H2,1-5H3. The second-order valence-corrected chi connectivity index (χ2v) is 6.21. The molecule has 0 radical (unpaired) electrons. The van der Waals surface area contributed by atoms with Crippen LogP contribution in [0.5, 0.6) is 5.75 Å². The molecule has 1 atom stereocenters. The summed E-state index contributed by atoms with van der Waals surface area (Å²) in [5, 5.41) is 3.45. The number of hydrogen-bond donors (Lipinski definition) is 2. The van der Waals surface area contributed by atoms with E-state index in [1.807, 2.05) is 13.0 Å². The Hall–Kier alpha value is -1.22. The van der Waals surface area contributed by atoms with Crippen molar-refractivity contribution in [2.45, 2.75) is 52.0 Å². The summed E-state index contributed by atoms with van der Waals surface area (Å²) >= 11 is 0. The van der Waals surface area contributed by atoms with Gasteiger partial charge in [0.05, 0.1) is 12.8 Å². The number of nitrogens with one attached hydrogen (secondary N) is 1. The number of anilines is 1. The van der Waals surface area contributed by atoms with Gasteiger partial charge in [-0.25, -0.2) is 0 Å². The summed E-state index contributed by atoms with van der Waals surface area (Å²) in [7, 11) is 1.71. The molecule has 0 amide bonds. The minimum Gasteiger partial charge on any atom is -0.495 e. The molecule has 3 nitrogen and oxygen atoms in total. The van der Waals surface area contributed by atoms with Crippen LogP contribution in [-0.4, -0.2) is 19.7 Å². The van der Waals surface area contributed by atoms with E-state index in [2.05, 4.69) is 38.2 Å².